The van der Waals surface area contributed by atoms with Crippen molar-refractivity contribution in [3.05, 3.63) is 35.1 Å². The minimum Gasteiger partial charge on any atom is -0.309 e. The molecule has 0 aromatic heterocycles. The fraction of sp³-hybridized carbons (Fsp3) is 0.625. The number of benzene rings is 1. The van der Waals surface area contributed by atoms with Crippen LogP contribution in [0.15, 0.2) is 18.2 Å². The Kier molecular flexibility index (Phi) is 4.58. The molecule has 0 amide bonds. The predicted octanol–water partition coefficient (Wildman–Crippen LogP) is 3.10. The number of rotatable bonds is 4. The van der Waals surface area contributed by atoms with Gasteiger partial charge in [0.1, 0.15) is 5.82 Å². The van der Waals surface area contributed by atoms with Crippen molar-refractivity contribution in [2.24, 2.45) is 0 Å². The van der Waals surface area contributed by atoms with Crippen molar-refractivity contribution < 1.29 is 4.39 Å². The molecule has 0 spiro atoms. The van der Waals surface area contributed by atoms with Gasteiger partial charge in [-0.1, -0.05) is 19.9 Å². The second kappa shape index (κ2) is 6.02. The first-order valence-corrected chi connectivity index (χ1v) is 7.31. The largest absolute Gasteiger partial charge is 0.309 e. The molecule has 1 aromatic rings. The van der Waals surface area contributed by atoms with Gasteiger partial charge in [0.15, 0.2) is 0 Å². The fourth-order valence-electron chi connectivity index (χ4n) is 2.98. The van der Waals surface area contributed by atoms with Gasteiger partial charge >= 0.3 is 0 Å². The van der Waals surface area contributed by atoms with Gasteiger partial charge in [-0.25, -0.2) is 4.39 Å². The van der Waals surface area contributed by atoms with E-state index in [1.165, 1.54) is 5.56 Å². The number of hydrogen-bond donors (Lipinski definition) is 1. The van der Waals surface area contributed by atoms with Crippen LogP contribution in [-0.2, 0) is 6.54 Å². The van der Waals surface area contributed by atoms with Crippen LogP contribution in [0.3, 0.4) is 0 Å². The molecule has 0 atom stereocenters. The highest BCUT2D eigenvalue weighted by Crippen LogP contribution is 2.22. The monoisotopic (exact) mass is 264 g/mol. The third kappa shape index (κ3) is 3.34. The molecule has 106 valence electrons. The highest BCUT2D eigenvalue weighted by atomic mass is 19.1. The van der Waals surface area contributed by atoms with Crippen LogP contribution in [0.4, 0.5) is 4.39 Å². The smallest absolute Gasteiger partial charge is 0.123 e. The third-order valence-corrected chi connectivity index (χ3v) is 4.51. The van der Waals surface area contributed by atoms with Gasteiger partial charge in [-0.05, 0) is 43.0 Å². The molecular formula is C16H25FN2. The van der Waals surface area contributed by atoms with Crippen LogP contribution in [0, 0.1) is 12.7 Å². The molecule has 0 bridgehead atoms. The van der Waals surface area contributed by atoms with E-state index in [0.717, 1.165) is 44.6 Å². The second-order valence-corrected chi connectivity index (χ2v) is 5.70. The van der Waals surface area contributed by atoms with E-state index in [0.29, 0.717) is 0 Å². The van der Waals surface area contributed by atoms with Crippen molar-refractivity contribution in [1.29, 1.82) is 0 Å². The first kappa shape index (κ1) is 14.5. The van der Waals surface area contributed by atoms with Crippen LogP contribution in [-0.4, -0.2) is 30.1 Å². The standard InChI is InChI=1S/C16H25FN2/c1-4-16(5-2)12-19(9-8-18-16)11-14-6-7-15(17)10-13(14)3/h6-7,10,18H,4-5,8-9,11-12H2,1-3H3. The van der Waals surface area contributed by atoms with E-state index < -0.39 is 0 Å². The topological polar surface area (TPSA) is 15.3 Å². The van der Waals surface area contributed by atoms with Gasteiger partial charge in [0.2, 0.25) is 0 Å². The summed E-state index contributed by atoms with van der Waals surface area (Å²) in [7, 11) is 0. The van der Waals surface area contributed by atoms with Crippen LogP contribution in [0.2, 0.25) is 0 Å². The lowest BCUT2D eigenvalue weighted by Crippen LogP contribution is -2.59. The Morgan fingerprint density at radius 2 is 2.05 bits per heavy atom. The molecule has 1 saturated heterocycles. The van der Waals surface area contributed by atoms with Crippen LogP contribution in [0.5, 0.6) is 0 Å². The van der Waals surface area contributed by atoms with Crippen molar-refractivity contribution in [3.63, 3.8) is 0 Å². The number of nitrogens with one attached hydrogen (secondary N) is 1. The van der Waals surface area contributed by atoms with Crippen LogP contribution >= 0.6 is 0 Å². The summed E-state index contributed by atoms with van der Waals surface area (Å²) in [5, 5.41) is 3.67. The number of aryl methyl sites for hydroxylation is 1. The molecular weight excluding hydrogens is 239 g/mol. The molecule has 1 aromatic carbocycles. The first-order chi connectivity index (χ1) is 9.08. The normalized spacial score (nSPS) is 19.6. The van der Waals surface area contributed by atoms with Crippen LogP contribution in [0.1, 0.15) is 37.8 Å². The fourth-order valence-corrected chi connectivity index (χ4v) is 2.98. The van der Waals surface area contributed by atoms with Crippen LogP contribution < -0.4 is 5.32 Å². The van der Waals surface area contributed by atoms with E-state index in [-0.39, 0.29) is 11.4 Å². The zero-order valence-electron chi connectivity index (χ0n) is 12.3. The number of nitrogens with zero attached hydrogens (tertiary/aromatic N) is 1. The molecule has 2 nitrogen and oxygen atoms in total. The predicted molar refractivity (Wildman–Crippen MR) is 77.7 cm³/mol. The molecule has 2 rings (SSSR count). The van der Waals surface area contributed by atoms with E-state index >= 15 is 0 Å². The average molecular weight is 264 g/mol. The quantitative estimate of drug-likeness (QED) is 0.899. The number of hydrogen-bond acceptors (Lipinski definition) is 2. The molecule has 0 aliphatic carbocycles. The Bertz CT molecular complexity index is 427. The number of halogens is 1. The Hall–Kier alpha value is -0.930. The maximum absolute atomic E-state index is 13.1. The zero-order valence-corrected chi connectivity index (χ0v) is 12.3. The number of piperazine rings is 1. The van der Waals surface area contributed by atoms with Gasteiger partial charge in [0.25, 0.3) is 0 Å². The lowest BCUT2D eigenvalue weighted by atomic mass is 9.90. The maximum atomic E-state index is 13.1. The van der Waals surface area contributed by atoms with Crippen LogP contribution in [0.25, 0.3) is 0 Å². The Morgan fingerprint density at radius 3 is 2.68 bits per heavy atom. The molecule has 1 heterocycles. The first-order valence-electron chi connectivity index (χ1n) is 7.31. The van der Waals surface area contributed by atoms with E-state index in [4.69, 9.17) is 0 Å². The summed E-state index contributed by atoms with van der Waals surface area (Å²) in [5.74, 6) is -0.141. The molecule has 1 fully saturated rings. The molecule has 1 N–H and O–H groups in total. The summed E-state index contributed by atoms with van der Waals surface area (Å²) in [5.41, 5.74) is 2.55. The van der Waals surface area contributed by atoms with Gasteiger partial charge in [0, 0.05) is 31.7 Å². The van der Waals surface area contributed by atoms with Gasteiger partial charge < -0.3 is 5.32 Å². The Labute approximate surface area is 116 Å². The molecule has 0 radical (unpaired) electrons. The lowest BCUT2D eigenvalue weighted by molar-refractivity contribution is 0.118. The Morgan fingerprint density at radius 1 is 1.32 bits per heavy atom. The van der Waals surface area contributed by atoms with E-state index in [1.54, 1.807) is 12.1 Å². The van der Waals surface area contributed by atoms with Crippen molar-refractivity contribution in [2.45, 2.75) is 45.7 Å². The maximum Gasteiger partial charge on any atom is 0.123 e. The molecule has 0 saturated carbocycles. The zero-order chi connectivity index (χ0) is 13.9. The van der Waals surface area contributed by atoms with Gasteiger partial charge in [0.05, 0.1) is 0 Å². The summed E-state index contributed by atoms with van der Waals surface area (Å²) >= 11 is 0. The molecule has 1 aliphatic rings. The van der Waals surface area contributed by atoms with Crippen molar-refractivity contribution >= 4 is 0 Å². The van der Waals surface area contributed by atoms with Crippen molar-refractivity contribution in [1.82, 2.24) is 10.2 Å². The van der Waals surface area contributed by atoms with Gasteiger partial charge in [-0.3, -0.25) is 4.90 Å². The second-order valence-electron chi connectivity index (χ2n) is 5.70. The van der Waals surface area contributed by atoms with E-state index in [1.807, 2.05) is 13.0 Å². The molecule has 0 unspecified atom stereocenters. The van der Waals surface area contributed by atoms with E-state index in [2.05, 4.69) is 24.1 Å². The summed E-state index contributed by atoms with van der Waals surface area (Å²) in [4.78, 5) is 2.49. The third-order valence-electron chi connectivity index (χ3n) is 4.51. The van der Waals surface area contributed by atoms with E-state index in [9.17, 15) is 4.39 Å². The van der Waals surface area contributed by atoms with Gasteiger partial charge in [-0.2, -0.15) is 0 Å². The highest BCUT2D eigenvalue weighted by molar-refractivity contribution is 5.26. The molecule has 19 heavy (non-hydrogen) atoms. The van der Waals surface area contributed by atoms with Crippen molar-refractivity contribution in [2.75, 3.05) is 19.6 Å². The minimum absolute atomic E-state index is 0.141. The molecule has 1 aliphatic heterocycles. The SMILES string of the molecule is CCC1(CC)CN(Cc2ccc(F)cc2C)CCN1. The summed E-state index contributed by atoms with van der Waals surface area (Å²) < 4.78 is 13.1. The lowest BCUT2D eigenvalue weighted by Gasteiger charge is -2.43. The van der Waals surface area contributed by atoms with Gasteiger partial charge in [-0.15, -0.1) is 0 Å². The Balaban J connectivity index is 2.06. The summed E-state index contributed by atoms with van der Waals surface area (Å²) in [6, 6.07) is 5.12. The molecule has 3 heteroatoms. The highest BCUT2D eigenvalue weighted by Gasteiger charge is 2.31. The average Bonchev–Trinajstić information content (AvgIpc) is 2.42. The summed E-state index contributed by atoms with van der Waals surface area (Å²) in [6.07, 6.45) is 2.31. The minimum atomic E-state index is -0.141. The van der Waals surface area contributed by atoms with Crippen molar-refractivity contribution in [3.8, 4) is 0 Å². The summed E-state index contributed by atoms with van der Waals surface area (Å²) in [6.45, 7) is 10.6.